The predicted octanol–water partition coefficient (Wildman–Crippen LogP) is 2.47. The minimum absolute atomic E-state index is 0.218. The molecule has 0 atom stereocenters. The maximum absolute atomic E-state index is 11.8. The van der Waals surface area contributed by atoms with Crippen molar-refractivity contribution in [2.45, 2.75) is 13.0 Å². The van der Waals surface area contributed by atoms with Gasteiger partial charge in [-0.25, -0.2) is 4.68 Å². The van der Waals surface area contributed by atoms with Crippen molar-refractivity contribution in [1.29, 1.82) is 5.26 Å². The predicted molar refractivity (Wildman–Crippen MR) is 74.3 cm³/mol. The van der Waals surface area contributed by atoms with Crippen LogP contribution in [-0.4, -0.2) is 9.78 Å². The maximum Gasteiger partial charge on any atom is 0.267 e. The molecule has 0 bridgehead atoms. The second kappa shape index (κ2) is 5.78. The number of nitrogens with zero attached hydrogens (tertiary/aromatic N) is 3. The molecule has 0 aliphatic carbocycles. The maximum atomic E-state index is 11.8. The minimum Gasteiger partial charge on any atom is -0.268 e. The Hall–Kier alpha value is -2.67. The van der Waals surface area contributed by atoms with Crippen LogP contribution in [0.4, 0.5) is 0 Å². The van der Waals surface area contributed by atoms with Crippen LogP contribution in [0.1, 0.15) is 12.0 Å². The van der Waals surface area contributed by atoms with Crippen molar-refractivity contribution in [3.05, 3.63) is 58.9 Å². The topological polar surface area (TPSA) is 58.7 Å². The minimum atomic E-state index is -0.218. The Kier molecular flexibility index (Phi) is 3.89. The summed E-state index contributed by atoms with van der Waals surface area (Å²) in [5.41, 5.74) is 2.10. The van der Waals surface area contributed by atoms with E-state index in [2.05, 4.69) is 11.7 Å². The van der Waals surface area contributed by atoms with Gasteiger partial charge in [-0.1, -0.05) is 43.0 Å². The van der Waals surface area contributed by atoms with Gasteiger partial charge in [0.1, 0.15) is 0 Å². The van der Waals surface area contributed by atoms with Gasteiger partial charge in [0, 0.05) is 17.2 Å². The Labute approximate surface area is 111 Å². The van der Waals surface area contributed by atoms with Gasteiger partial charge in [0.15, 0.2) is 0 Å². The summed E-state index contributed by atoms with van der Waals surface area (Å²) >= 11 is 0. The highest BCUT2D eigenvalue weighted by Gasteiger charge is 2.08. The third kappa shape index (κ3) is 2.78. The number of aryl methyl sites for hydroxylation is 1. The summed E-state index contributed by atoms with van der Waals surface area (Å²) in [6, 6.07) is 13.1. The summed E-state index contributed by atoms with van der Waals surface area (Å²) in [5.74, 6) is 0. The van der Waals surface area contributed by atoms with E-state index < -0.39 is 0 Å². The molecule has 1 heterocycles. The fraction of sp³-hybridized carbons (Fsp3) is 0.133. The van der Waals surface area contributed by atoms with E-state index in [4.69, 9.17) is 5.26 Å². The number of hydrogen-bond acceptors (Lipinski definition) is 3. The molecule has 0 amide bonds. The van der Waals surface area contributed by atoms with Crippen molar-refractivity contribution in [1.82, 2.24) is 9.78 Å². The van der Waals surface area contributed by atoms with Crippen molar-refractivity contribution in [3.8, 4) is 17.3 Å². The van der Waals surface area contributed by atoms with Crippen molar-refractivity contribution >= 4 is 6.08 Å². The molecule has 0 saturated carbocycles. The van der Waals surface area contributed by atoms with Crippen LogP contribution < -0.4 is 5.56 Å². The van der Waals surface area contributed by atoms with Crippen LogP contribution in [0, 0.1) is 11.3 Å². The summed E-state index contributed by atoms with van der Waals surface area (Å²) in [6.07, 6.45) is 1.87. The molecule has 2 aromatic rings. The zero-order valence-corrected chi connectivity index (χ0v) is 10.4. The van der Waals surface area contributed by atoms with Crippen LogP contribution in [-0.2, 0) is 6.54 Å². The van der Waals surface area contributed by atoms with Gasteiger partial charge in [0.05, 0.1) is 24.7 Å². The molecule has 0 aliphatic heterocycles. The molecule has 0 unspecified atom stereocenters. The Bertz CT molecular complexity index is 681. The monoisotopic (exact) mass is 251 g/mol. The highest BCUT2D eigenvalue weighted by atomic mass is 16.1. The lowest BCUT2D eigenvalue weighted by atomic mass is 10.1. The quantitative estimate of drug-likeness (QED) is 0.838. The first-order valence-electron chi connectivity index (χ1n) is 5.93. The van der Waals surface area contributed by atoms with Crippen LogP contribution in [0.15, 0.2) is 47.8 Å². The average molecular weight is 251 g/mol. The molecule has 0 spiro atoms. The van der Waals surface area contributed by atoms with Crippen molar-refractivity contribution in [2.75, 3.05) is 0 Å². The molecular weight excluding hydrogens is 238 g/mol. The highest BCUT2D eigenvalue weighted by molar-refractivity contribution is 5.70. The Balaban J connectivity index is 2.56. The highest BCUT2D eigenvalue weighted by Crippen LogP contribution is 2.20. The summed E-state index contributed by atoms with van der Waals surface area (Å²) in [6.45, 7) is 4.01. The van der Waals surface area contributed by atoms with E-state index in [1.807, 2.05) is 36.4 Å². The summed E-state index contributed by atoms with van der Waals surface area (Å²) in [7, 11) is 0. The molecule has 0 N–H and O–H groups in total. The van der Waals surface area contributed by atoms with Gasteiger partial charge < -0.3 is 0 Å². The lowest BCUT2D eigenvalue weighted by Gasteiger charge is -2.08. The number of rotatable bonds is 4. The molecule has 1 aromatic heterocycles. The zero-order valence-electron chi connectivity index (χ0n) is 10.4. The first kappa shape index (κ1) is 12.8. The van der Waals surface area contributed by atoms with Gasteiger partial charge in [-0.3, -0.25) is 4.79 Å². The van der Waals surface area contributed by atoms with Crippen molar-refractivity contribution in [3.63, 3.8) is 0 Å². The van der Waals surface area contributed by atoms with Crippen LogP contribution >= 0.6 is 0 Å². The molecule has 1 aromatic carbocycles. The Morgan fingerprint density at radius 1 is 1.37 bits per heavy atom. The van der Waals surface area contributed by atoms with Crippen LogP contribution in [0.5, 0.6) is 0 Å². The third-order valence-corrected chi connectivity index (χ3v) is 2.73. The fourth-order valence-corrected chi connectivity index (χ4v) is 1.80. The number of benzene rings is 1. The second-order valence-corrected chi connectivity index (χ2v) is 3.99. The number of hydrogen-bond donors (Lipinski definition) is 0. The molecule has 4 nitrogen and oxygen atoms in total. The number of aromatic nitrogens is 2. The van der Waals surface area contributed by atoms with Gasteiger partial charge in [-0.05, 0) is 0 Å². The SMILES string of the molecule is C=Cc1cc(=O)n(CCC#N)nc1-c1ccccc1. The van der Waals surface area contributed by atoms with E-state index in [-0.39, 0.29) is 12.0 Å². The Morgan fingerprint density at radius 2 is 2.11 bits per heavy atom. The van der Waals surface area contributed by atoms with E-state index in [1.165, 1.54) is 10.7 Å². The van der Waals surface area contributed by atoms with Gasteiger partial charge >= 0.3 is 0 Å². The average Bonchev–Trinajstić information content (AvgIpc) is 2.46. The Morgan fingerprint density at radius 3 is 2.74 bits per heavy atom. The molecule has 19 heavy (non-hydrogen) atoms. The second-order valence-electron chi connectivity index (χ2n) is 3.99. The molecule has 0 aliphatic rings. The van der Waals surface area contributed by atoms with Crippen molar-refractivity contribution < 1.29 is 0 Å². The molecule has 0 fully saturated rings. The van der Waals surface area contributed by atoms with Gasteiger partial charge in [-0.15, -0.1) is 0 Å². The summed E-state index contributed by atoms with van der Waals surface area (Å²) in [5, 5.41) is 12.9. The van der Waals surface area contributed by atoms with Gasteiger partial charge in [0.25, 0.3) is 5.56 Å². The molecular formula is C15H13N3O. The summed E-state index contributed by atoms with van der Waals surface area (Å²) < 4.78 is 1.32. The smallest absolute Gasteiger partial charge is 0.267 e. The molecule has 0 saturated heterocycles. The zero-order chi connectivity index (χ0) is 13.7. The van der Waals surface area contributed by atoms with E-state index >= 15 is 0 Å². The molecule has 94 valence electrons. The largest absolute Gasteiger partial charge is 0.268 e. The number of nitriles is 1. The standard InChI is InChI=1S/C15H13N3O/c1-2-12-11-14(19)18(10-6-9-16)17-15(12)13-7-4-3-5-8-13/h2-5,7-8,11H,1,6,10H2. The van der Waals surface area contributed by atoms with E-state index in [1.54, 1.807) is 6.08 Å². The van der Waals surface area contributed by atoms with E-state index in [0.717, 1.165) is 5.56 Å². The van der Waals surface area contributed by atoms with Crippen LogP contribution in [0.2, 0.25) is 0 Å². The fourth-order valence-electron chi connectivity index (χ4n) is 1.80. The summed E-state index contributed by atoms with van der Waals surface area (Å²) in [4.78, 5) is 11.8. The first-order valence-corrected chi connectivity index (χ1v) is 5.93. The van der Waals surface area contributed by atoms with E-state index in [0.29, 0.717) is 17.8 Å². The molecule has 2 rings (SSSR count). The lowest BCUT2D eigenvalue weighted by molar-refractivity contribution is 0.591. The van der Waals surface area contributed by atoms with E-state index in [9.17, 15) is 4.79 Å². The van der Waals surface area contributed by atoms with Crippen LogP contribution in [0.25, 0.3) is 17.3 Å². The van der Waals surface area contributed by atoms with Gasteiger partial charge in [-0.2, -0.15) is 10.4 Å². The molecule has 4 heteroatoms. The van der Waals surface area contributed by atoms with Crippen molar-refractivity contribution in [2.24, 2.45) is 0 Å². The molecule has 0 radical (unpaired) electrons. The van der Waals surface area contributed by atoms with Gasteiger partial charge in [0.2, 0.25) is 0 Å². The lowest BCUT2D eigenvalue weighted by Crippen LogP contribution is -2.23. The van der Waals surface area contributed by atoms with Crippen LogP contribution in [0.3, 0.4) is 0 Å². The normalized spacial score (nSPS) is 9.84. The first-order chi connectivity index (χ1) is 9.26. The third-order valence-electron chi connectivity index (χ3n) is 2.73.